The van der Waals surface area contributed by atoms with Gasteiger partial charge in [0, 0.05) is 37.2 Å². The van der Waals surface area contributed by atoms with Crippen molar-refractivity contribution in [1.82, 2.24) is 19.9 Å². The molecule has 2 aliphatic rings. The minimum absolute atomic E-state index is 0.112. The monoisotopic (exact) mass is 313 g/mol. The fourth-order valence-corrected chi connectivity index (χ4v) is 3.24. The van der Waals surface area contributed by atoms with Crippen LogP contribution >= 0.6 is 0 Å². The van der Waals surface area contributed by atoms with E-state index in [9.17, 15) is 4.79 Å². The van der Waals surface area contributed by atoms with Gasteiger partial charge in [-0.05, 0) is 19.9 Å². The Labute approximate surface area is 134 Å². The highest BCUT2D eigenvalue weighted by Gasteiger charge is 2.40. The molecule has 1 atom stereocenters. The molecule has 1 unspecified atom stereocenters. The molecule has 2 aliphatic heterocycles. The summed E-state index contributed by atoms with van der Waals surface area (Å²) in [6.45, 7) is 6.07. The van der Waals surface area contributed by atoms with Gasteiger partial charge in [0.15, 0.2) is 0 Å². The number of cyclic esters (lactones) is 1. The summed E-state index contributed by atoms with van der Waals surface area (Å²) in [6.07, 6.45) is 5.49. The van der Waals surface area contributed by atoms with Crippen molar-refractivity contribution in [1.29, 1.82) is 0 Å². The van der Waals surface area contributed by atoms with Crippen LogP contribution in [0.2, 0.25) is 0 Å². The number of nitrogens with zero attached hydrogens (tertiary/aromatic N) is 3. The molecule has 0 spiro atoms. The number of aromatic nitrogens is 3. The number of hydrogen-bond acceptors (Lipinski definition) is 6. The van der Waals surface area contributed by atoms with Gasteiger partial charge in [-0.15, -0.1) is 0 Å². The highest BCUT2D eigenvalue weighted by atomic mass is 16.6. The molecule has 0 amide bonds. The van der Waals surface area contributed by atoms with Crippen molar-refractivity contribution < 1.29 is 9.53 Å². The van der Waals surface area contributed by atoms with Crippen LogP contribution in [0, 0.1) is 0 Å². The first kappa shape index (κ1) is 14.2. The third-order valence-corrected chi connectivity index (χ3v) is 4.39. The summed E-state index contributed by atoms with van der Waals surface area (Å²) in [5.41, 5.74) is 0.822. The fourth-order valence-electron chi connectivity index (χ4n) is 3.24. The highest BCUT2D eigenvalue weighted by molar-refractivity contribution is 5.99. The molecule has 120 valence electrons. The minimum Gasteiger partial charge on any atom is -0.451 e. The number of ether oxygens (including phenoxy) is 1. The van der Waals surface area contributed by atoms with E-state index in [0.29, 0.717) is 11.4 Å². The maximum absolute atomic E-state index is 12.2. The second kappa shape index (κ2) is 5.06. The van der Waals surface area contributed by atoms with Crippen molar-refractivity contribution in [3.8, 4) is 0 Å². The third-order valence-electron chi connectivity index (χ3n) is 4.39. The number of fused-ring (bicyclic) bond motifs is 2. The van der Waals surface area contributed by atoms with Crippen molar-refractivity contribution in [2.45, 2.75) is 38.6 Å². The first-order valence-electron chi connectivity index (χ1n) is 7.75. The summed E-state index contributed by atoms with van der Waals surface area (Å²) in [6, 6.07) is 1.96. The van der Waals surface area contributed by atoms with E-state index in [1.807, 2.05) is 26.1 Å². The van der Waals surface area contributed by atoms with E-state index < -0.39 is 5.60 Å². The second-order valence-electron chi connectivity index (χ2n) is 6.45. The Kier molecular flexibility index (Phi) is 3.12. The van der Waals surface area contributed by atoms with E-state index in [-0.39, 0.29) is 12.0 Å². The Balaban J connectivity index is 1.63. The van der Waals surface area contributed by atoms with Gasteiger partial charge in [-0.3, -0.25) is 0 Å². The van der Waals surface area contributed by atoms with E-state index in [2.05, 4.69) is 25.2 Å². The summed E-state index contributed by atoms with van der Waals surface area (Å²) in [5.74, 6) is 1.29. The molecule has 7 nitrogen and oxygen atoms in total. The number of anilines is 1. The maximum Gasteiger partial charge on any atom is 0.343 e. The predicted molar refractivity (Wildman–Crippen MR) is 84.0 cm³/mol. The van der Waals surface area contributed by atoms with Crippen LogP contribution in [0.3, 0.4) is 0 Å². The Morgan fingerprint density at radius 1 is 1.39 bits per heavy atom. The lowest BCUT2D eigenvalue weighted by atomic mass is 9.97. The van der Waals surface area contributed by atoms with Gasteiger partial charge in [-0.1, -0.05) is 0 Å². The first-order chi connectivity index (χ1) is 11.0. The van der Waals surface area contributed by atoms with Gasteiger partial charge < -0.3 is 19.9 Å². The van der Waals surface area contributed by atoms with Crippen molar-refractivity contribution in [3.63, 3.8) is 0 Å². The molecular weight excluding hydrogens is 294 g/mol. The number of imidazole rings is 1. The number of esters is 1. The topological polar surface area (TPSA) is 81.1 Å². The molecule has 0 fully saturated rings. The van der Waals surface area contributed by atoms with E-state index in [1.54, 1.807) is 12.4 Å². The number of nitrogens with one attached hydrogen (secondary N) is 2. The number of hydrogen-bond donors (Lipinski definition) is 2. The van der Waals surface area contributed by atoms with Crippen LogP contribution in [0.5, 0.6) is 0 Å². The number of carbonyl (C=O) groups is 1. The molecule has 7 heteroatoms. The Morgan fingerprint density at radius 2 is 2.26 bits per heavy atom. The molecule has 0 saturated carbocycles. The van der Waals surface area contributed by atoms with E-state index in [0.717, 1.165) is 31.0 Å². The molecule has 2 N–H and O–H groups in total. The van der Waals surface area contributed by atoms with Crippen LogP contribution in [0.25, 0.3) is 0 Å². The van der Waals surface area contributed by atoms with Crippen LogP contribution < -0.4 is 10.6 Å². The van der Waals surface area contributed by atoms with E-state index in [4.69, 9.17) is 4.74 Å². The van der Waals surface area contributed by atoms with Gasteiger partial charge in [0.05, 0.1) is 12.6 Å². The molecule has 4 rings (SSSR count). The summed E-state index contributed by atoms with van der Waals surface area (Å²) >= 11 is 0. The highest BCUT2D eigenvalue weighted by Crippen LogP contribution is 2.38. The summed E-state index contributed by atoms with van der Waals surface area (Å²) in [7, 11) is 0. The van der Waals surface area contributed by atoms with Crippen LogP contribution in [0.4, 0.5) is 5.82 Å². The average Bonchev–Trinajstić information content (AvgIpc) is 2.96. The normalized spacial score (nSPS) is 22.0. The zero-order valence-electron chi connectivity index (χ0n) is 13.2. The Bertz CT molecular complexity index is 768. The van der Waals surface area contributed by atoms with Crippen molar-refractivity contribution in [3.05, 3.63) is 41.6 Å². The minimum atomic E-state index is -0.606. The lowest BCUT2D eigenvalue weighted by Gasteiger charge is -2.20. The molecule has 2 aromatic rings. The van der Waals surface area contributed by atoms with Gasteiger partial charge in [-0.2, -0.15) is 0 Å². The van der Waals surface area contributed by atoms with Crippen LogP contribution in [0.15, 0.2) is 24.7 Å². The average molecular weight is 313 g/mol. The summed E-state index contributed by atoms with van der Waals surface area (Å²) in [5, 5.41) is 6.76. The fraction of sp³-hybridized carbons (Fsp3) is 0.438. The third kappa shape index (κ3) is 2.37. The quantitative estimate of drug-likeness (QED) is 0.813. The smallest absolute Gasteiger partial charge is 0.343 e. The SMILES string of the molecule is CC1(C)OC(=O)c2c1ccnc2NC1CNCc2nccn2C1. The van der Waals surface area contributed by atoms with Crippen LogP contribution in [-0.2, 0) is 23.4 Å². The second-order valence-corrected chi connectivity index (χ2v) is 6.45. The molecular formula is C16H19N5O2. The zero-order chi connectivity index (χ0) is 16.0. The number of pyridine rings is 1. The molecule has 0 aromatic carbocycles. The Morgan fingerprint density at radius 3 is 3.13 bits per heavy atom. The number of rotatable bonds is 2. The molecule has 4 heterocycles. The standard InChI is InChI=1S/C16H19N5O2/c1-16(2)11-3-4-19-14(13(11)15(22)23-16)20-10-7-17-8-12-18-5-6-21(12)9-10/h3-6,10,17H,7-9H2,1-2H3,(H,19,20). The van der Waals surface area contributed by atoms with Gasteiger partial charge in [0.1, 0.15) is 22.8 Å². The zero-order valence-corrected chi connectivity index (χ0v) is 13.2. The van der Waals surface area contributed by atoms with Crippen LogP contribution in [-0.4, -0.2) is 33.1 Å². The maximum atomic E-state index is 12.2. The van der Waals surface area contributed by atoms with E-state index >= 15 is 0 Å². The lowest BCUT2D eigenvalue weighted by Crippen LogP contribution is -2.34. The predicted octanol–water partition coefficient (Wildman–Crippen LogP) is 1.27. The van der Waals surface area contributed by atoms with E-state index in [1.165, 1.54) is 0 Å². The molecule has 0 aliphatic carbocycles. The molecule has 2 aromatic heterocycles. The van der Waals surface area contributed by atoms with Crippen molar-refractivity contribution >= 4 is 11.8 Å². The van der Waals surface area contributed by atoms with Gasteiger partial charge >= 0.3 is 5.97 Å². The summed E-state index contributed by atoms with van der Waals surface area (Å²) in [4.78, 5) is 20.9. The van der Waals surface area contributed by atoms with Gasteiger partial charge in [0.2, 0.25) is 0 Å². The Hall–Kier alpha value is -2.41. The molecule has 23 heavy (non-hydrogen) atoms. The molecule has 0 radical (unpaired) electrons. The number of carbonyl (C=O) groups excluding carboxylic acids is 1. The molecule has 0 bridgehead atoms. The van der Waals surface area contributed by atoms with Gasteiger partial charge in [0.25, 0.3) is 0 Å². The van der Waals surface area contributed by atoms with Crippen molar-refractivity contribution in [2.24, 2.45) is 0 Å². The largest absolute Gasteiger partial charge is 0.451 e. The summed E-state index contributed by atoms with van der Waals surface area (Å²) < 4.78 is 7.58. The van der Waals surface area contributed by atoms with Crippen molar-refractivity contribution in [2.75, 3.05) is 11.9 Å². The molecule has 0 saturated heterocycles. The lowest BCUT2D eigenvalue weighted by molar-refractivity contribution is 0.00958. The first-order valence-corrected chi connectivity index (χ1v) is 7.75. The van der Waals surface area contributed by atoms with Crippen LogP contribution in [0.1, 0.15) is 35.6 Å². The van der Waals surface area contributed by atoms with Gasteiger partial charge in [-0.25, -0.2) is 14.8 Å².